The maximum absolute atomic E-state index is 12.7. The third-order valence-electron chi connectivity index (χ3n) is 1.78. The van der Waals surface area contributed by atoms with Gasteiger partial charge in [-0.25, -0.2) is 4.39 Å². The van der Waals surface area contributed by atoms with Crippen molar-refractivity contribution in [2.75, 3.05) is 20.1 Å². The summed E-state index contributed by atoms with van der Waals surface area (Å²) in [6.07, 6.45) is 0.196. The first kappa shape index (κ1) is 10.8. The van der Waals surface area contributed by atoms with E-state index >= 15 is 0 Å². The van der Waals surface area contributed by atoms with E-state index in [1.165, 1.54) is 0 Å². The van der Waals surface area contributed by atoms with Crippen molar-refractivity contribution in [1.82, 2.24) is 10.6 Å². The van der Waals surface area contributed by atoms with Crippen LogP contribution in [0.1, 0.15) is 20.3 Å². The Hall–Kier alpha value is -0.150. The van der Waals surface area contributed by atoms with Crippen LogP contribution in [0.15, 0.2) is 0 Å². The van der Waals surface area contributed by atoms with Crippen LogP contribution in [0.25, 0.3) is 0 Å². The van der Waals surface area contributed by atoms with Crippen LogP contribution in [0.4, 0.5) is 4.39 Å². The van der Waals surface area contributed by atoms with Gasteiger partial charge in [-0.2, -0.15) is 0 Å². The quantitative estimate of drug-likeness (QED) is 0.599. The molecule has 0 saturated carbocycles. The van der Waals surface area contributed by atoms with Gasteiger partial charge in [0.1, 0.15) is 6.17 Å². The van der Waals surface area contributed by atoms with Crippen LogP contribution in [-0.2, 0) is 0 Å². The molecular formula is C8H19FN2. The van der Waals surface area contributed by atoms with E-state index in [9.17, 15) is 4.39 Å². The minimum atomic E-state index is -0.705. The lowest BCUT2D eigenvalue weighted by Gasteiger charge is -2.25. The van der Waals surface area contributed by atoms with Crippen molar-refractivity contribution < 1.29 is 4.39 Å². The number of alkyl halides is 1. The predicted molar refractivity (Wildman–Crippen MR) is 46.6 cm³/mol. The molecule has 68 valence electrons. The number of hydrogen-bond donors (Lipinski definition) is 2. The highest BCUT2D eigenvalue weighted by Crippen LogP contribution is 2.05. The second kappa shape index (κ2) is 6.55. The van der Waals surface area contributed by atoms with Crippen molar-refractivity contribution in [3.8, 4) is 0 Å². The van der Waals surface area contributed by atoms with Crippen molar-refractivity contribution in [2.24, 2.45) is 0 Å². The molecule has 0 radical (unpaired) electrons. The largest absolute Gasteiger partial charge is 0.314 e. The zero-order valence-electron chi connectivity index (χ0n) is 7.65. The van der Waals surface area contributed by atoms with E-state index in [0.29, 0.717) is 6.54 Å². The fourth-order valence-electron chi connectivity index (χ4n) is 1.15. The third kappa shape index (κ3) is 3.68. The van der Waals surface area contributed by atoms with Gasteiger partial charge in [-0.3, -0.25) is 0 Å². The van der Waals surface area contributed by atoms with E-state index in [2.05, 4.69) is 10.6 Å². The summed E-state index contributed by atoms with van der Waals surface area (Å²) in [6, 6.07) is 0.0752. The van der Waals surface area contributed by atoms with Crippen molar-refractivity contribution >= 4 is 0 Å². The monoisotopic (exact) mass is 162 g/mol. The van der Waals surface area contributed by atoms with Crippen molar-refractivity contribution in [3.63, 3.8) is 0 Å². The van der Waals surface area contributed by atoms with Gasteiger partial charge in [0.15, 0.2) is 0 Å². The molecule has 1 saturated heterocycles. The molecule has 0 aromatic rings. The summed E-state index contributed by atoms with van der Waals surface area (Å²) in [6.45, 7) is 5.44. The molecule has 11 heavy (non-hydrogen) atoms. The van der Waals surface area contributed by atoms with Crippen LogP contribution in [0.5, 0.6) is 0 Å². The molecule has 1 heterocycles. The zero-order chi connectivity index (χ0) is 8.69. The summed E-state index contributed by atoms with van der Waals surface area (Å²) in [5.41, 5.74) is 0. The fraction of sp³-hybridized carbons (Fsp3) is 1.00. The molecule has 1 aliphatic heterocycles. The summed E-state index contributed by atoms with van der Waals surface area (Å²) in [4.78, 5) is 0. The smallest absolute Gasteiger partial charge is 0.128 e. The Balaban J connectivity index is 0.000000461. The van der Waals surface area contributed by atoms with Crippen molar-refractivity contribution in [1.29, 1.82) is 0 Å². The highest BCUT2D eigenvalue weighted by Gasteiger charge is 2.21. The van der Waals surface area contributed by atoms with Gasteiger partial charge < -0.3 is 10.6 Å². The van der Waals surface area contributed by atoms with Crippen LogP contribution in [0.3, 0.4) is 0 Å². The van der Waals surface area contributed by atoms with Gasteiger partial charge >= 0.3 is 0 Å². The first-order chi connectivity index (χ1) is 5.34. The molecule has 0 spiro atoms. The Morgan fingerprint density at radius 2 is 2.09 bits per heavy atom. The van der Waals surface area contributed by atoms with Gasteiger partial charge in [-0.05, 0) is 20.0 Å². The second-order valence-electron chi connectivity index (χ2n) is 2.40. The first-order valence-corrected chi connectivity index (χ1v) is 4.36. The van der Waals surface area contributed by atoms with E-state index in [0.717, 1.165) is 13.0 Å². The van der Waals surface area contributed by atoms with Crippen LogP contribution < -0.4 is 10.6 Å². The maximum atomic E-state index is 12.7. The fourth-order valence-corrected chi connectivity index (χ4v) is 1.15. The molecule has 2 nitrogen and oxygen atoms in total. The Bertz CT molecular complexity index is 88.2. The summed E-state index contributed by atoms with van der Waals surface area (Å²) >= 11 is 0. The molecule has 0 amide bonds. The Kier molecular flexibility index (Phi) is 6.46. The number of hydrogen-bond acceptors (Lipinski definition) is 2. The molecule has 2 unspecified atom stereocenters. The van der Waals surface area contributed by atoms with Gasteiger partial charge in [0.25, 0.3) is 0 Å². The Labute approximate surface area is 68.6 Å². The maximum Gasteiger partial charge on any atom is 0.128 e. The summed E-state index contributed by atoms with van der Waals surface area (Å²) in [5.74, 6) is 0. The van der Waals surface area contributed by atoms with Gasteiger partial charge in [-0.1, -0.05) is 13.8 Å². The van der Waals surface area contributed by atoms with Crippen LogP contribution in [0, 0.1) is 0 Å². The molecule has 0 aliphatic carbocycles. The highest BCUT2D eigenvalue weighted by molar-refractivity contribution is 4.81. The Morgan fingerprint density at radius 3 is 2.45 bits per heavy atom. The summed E-state index contributed by atoms with van der Waals surface area (Å²) in [7, 11) is 1.81. The summed E-state index contributed by atoms with van der Waals surface area (Å²) in [5, 5.41) is 5.92. The summed E-state index contributed by atoms with van der Waals surface area (Å²) < 4.78 is 12.7. The molecule has 0 aromatic heterocycles. The Morgan fingerprint density at radius 1 is 1.45 bits per heavy atom. The zero-order valence-corrected chi connectivity index (χ0v) is 7.65. The third-order valence-corrected chi connectivity index (χ3v) is 1.78. The normalized spacial score (nSPS) is 30.5. The van der Waals surface area contributed by atoms with Crippen molar-refractivity contribution in [3.05, 3.63) is 0 Å². The average molecular weight is 162 g/mol. The van der Waals surface area contributed by atoms with Gasteiger partial charge in [0.2, 0.25) is 0 Å². The van der Waals surface area contributed by atoms with Gasteiger partial charge in [0, 0.05) is 12.6 Å². The minimum absolute atomic E-state index is 0.0752. The van der Waals surface area contributed by atoms with E-state index in [-0.39, 0.29) is 6.04 Å². The predicted octanol–water partition coefficient (Wildman–Crippen LogP) is 0.932. The molecule has 1 rings (SSSR count). The van der Waals surface area contributed by atoms with E-state index in [1.807, 2.05) is 20.9 Å². The topological polar surface area (TPSA) is 24.1 Å². The standard InChI is InChI=1S/C6H13FN2.C2H6/c1-8-6-2-3-9-4-5(6)7;1-2/h5-6,8-9H,2-4H2,1H3;1-2H3. The second-order valence-corrected chi connectivity index (χ2v) is 2.40. The number of rotatable bonds is 1. The molecule has 0 aromatic carbocycles. The molecule has 1 fully saturated rings. The molecular weight excluding hydrogens is 143 g/mol. The lowest BCUT2D eigenvalue weighted by atomic mass is 10.1. The number of nitrogens with one attached hydrogen (secondary N) is 2. The molecule has 2 atom stereocenters. The highest BCUT2D eigenvalue weighted by atomic mass is 19.1. The average Bonchev–Trinajstić information content (AvgIpc) is 2.09. The SMILES string of the molecule is CC.CNC1CCNCC1F. The minimum Gasteiger partial charge on any atom is -0.314 e. The van der Waals surface area contributed by atoms with E-state index in [1.54, 1.807) is 0 Å². The molecule has 3 heteroatoms. The lowest BCUT2D eigenvalue weighted by molar-refractivity contribution is 0.210. The van der Waals surface area contributed by atoms with Crippen LogP contribution in [-0.4, -0.2) is 32.4 Å². The van der Waals surface area contributed by atoms with E-state index < -0.39 is 6.17 Å². The van der Waals surface area contributed by atoms with Crippen LogP contribution in [0.2, 0.25) is 0 Å². The van der Waals surface area contributed by atoms with Crippen LogP contribution >= 0.6 is 0 Å². The van der Waals surface area contributed by atoms with Crippen molar-refractivity contribution in [2.45, 2.75) is 32.5 Å². The number of piperidine rings is 1. The molecule has 0 bridgehead atoms. The molecule has 2 N–H and O–H groups in total. The lowest BCUT2D eigenvalue weighted by Crippen LogP contribution is -2.47. The molecule has 1 aliphatic rings. The van der Waals surface area contributed by atoms with Gasteiger partial charge in [-0.15, -0.1) is 0 Å². The van der Waals surface area contributed by atoms with Gasteiger partial charge in [0.05, 0.1) is 0 Å². The number of halogens is 1. The first-order valence-electron chi connectivity index (χ1n) is 4.36. The van der Waals surface area contributed by atoms with E-state index in [4.69, 9.17) is 0 Å².